The van der Waals surface area contributed by atoms with Crippen LogP contribution in [-0.2, 0) is 6.42 Å². The molecule has 1 aromatic rings. The van der Waals surface area contributed by atoms with E-state index in [0.717, 1.165) is 44.7 Å². The molecule has 0 amide bonds. The van der Waals surface area contributed by atoms with Crippen LogP contribution in [0.15, 0.2) is 29.3 Å². The second kappa shape index (κ2) is 5.87. The second-order valence-electron chi connectivity index (χ2n) is 6.49. The third-order valence-electron chi connectivity index (χ3n) is 5.01. The molecular weight excluding hydrogens is 294 g/mol. The zero-order valence-electron chi connectivity index (χ0n) is 13.0. The number of fused-ring (bicyclic) bond motifs is 1. The smallest absolute Gasteiger partial charge is 0.159 e. The van der Waals surface area contributed by atoms with Crippen LogP contribution in [0.5, 0.6) is 0 Å². The predicted octanol–water partition coefficient (Wildman–Crippen LogP) is 1.75. The van der Waals surface area contributed by atoms with Crippen molar-refractivity contribution in [3.63, 3.8) is 0 Å². The molecule has 1 saturated heterocycles. The van der Waals surface area contributed by atoms with E-state index in [-0.39, 0.29) is 12.1 Å². The number of rotatable bonds is 1. The number of hydrogen-bond donors (Lipinski definition) is 1. The van der Waals surface area contributed by atoms with Crippen LogP contribution in [0.4, 0.5) is 0 Å². The van der Waals surface area contributed by atoms with Crippen molar-refractivity contribution in [3.8, 4) is 0 Å². The highest BCUT2D eigenvalue weighted by Gasteiger charge is 2.36. The molecule has 3 atom stereocenters. The molecule has 0 bridgehead atoms. The first-order chi connectivity index (χ1) is 10.7. The van der Waals surface area contributed by atoms with Crippen molar-refractivity contribution in [2.75, 3.05) is 32.7 Å². The first kappa shape index (κ1) is 14.5. The van der Waals surface area contributed by atoms with Crippen LogP contribution >= 0.6 is 11.8 Å². The SMILES string of the molecule is CC1CN=C(N2CCN(C3Cc4ccccc4C3O)CC2)S1. The van der Waals surface area contributed by atoms with E-state index in [9.17, 15) is 5.11 Å². The Hall–Kier alpha value is -1.04. The Balaban J connectivity index is 1.39. The third-order valence-corrected chi connectivity index (χ3v) is 6.16. The van der Waals surface area contributed by atoms with E-state index < -0.39 is 0 Å². The molecule has 0 aromatic heterocycles. The number of thioether (sulfide) groups is 1. The molecule has 22 heavy (non-hydrogen) atoms. The summed E-state index contributed by atoms with van der Waals surface area (Å²) >= 11 is 1.90. The zero-order valence-corrected chi connectivity index (χ0v) is 13.8. The van der Waals surface area contributed by atoms with Gasteiger partial charge in [-0.15, -0.1) is 0 Å². The number of nitrogens with zero attached hydrogens (tertiary/aromatic N) is 3. The quantitative estimate of drug-likeness (QED) is 0.857. The van der Waals surface area contributed by atoms with Gasteiger partial charge in [-0.1, -0.05) is 43.0 Å². The fraction of sp³-hybridized carbons (Fsp3) is 0.588. The van der Waals surface area contributed by atoms with Crippen molar-refractivity contribution in [2.24, 2.45) is 4.99 Å². The molecule has 4 nitrogen and oxygen atoms in total. The Kier molecular flexibility index (Phi) is 3.88. The van der Waals surface area contributed by atoms with Gasteiger partial charge >= 0.3 is 0 Å². The maximum Gasteiger partial charge on any atom is 0.159 e. The maximum atomic E-state index is 10.6. The van der Waals surface area contributed by atoms with Gasteiger partial charge in [0.2, 0.25) is 0 Å². The summed E-state index contributed by atoms with van der Waals surface area (Å²) in [5.41, 5.74) is 2.44. The second-order valence-corrected chi connectivity index (χ2v) is 7.90. The molecule has 0 spiro atoms. The Morgan fingerprint density at radius 2 is 1.95 bits per heavy atom. The van der Waals surface area contributed by atoms with Gasteiger partial charge in [-0.25, -0.2) is 0 Å². The summed E-state index contributed by atoms with van der Waals surface area (Å²) in [7, 11) is 0. The molecule has 4 rings (SSSR count). The molecule has 0 radical (unpaired) electrons. The van der Waals surface area contributed by atoms with E-state index in [1.807, 2.05) is 17.8 Å². The molecule has 3 aliphatic rings. The minimum Gasteiger partial charge on any atom is -0.387 e. The summed E-state index contributed by atoms with van der Waals surface area (Å²) in [6.45, 7) is 7.28. The van der Waals surface area contributed by atoms with Gasteiger partial charge in [0.15, 0.2) is 5.17 Å². The van der Waals surface area contributed by atoms with Crippen LogP contribution in [0.3, 0.4) is 0 Å². The lowest BCUT2D eigenvalue weighted by atomic mass is 10.1. The first-order valence-corrected chi connectivity index (χ1v) is 9.06. The summed E-state index contributed by atoms with van der Waals surface area (Å²) < 4.78 is 0. The number of benzene rings is 1. The highest BCUT2D eigenvalue weighted by Crippen LogP contribution is 2.35. The zero-order chi connectivity index (χ0) is 15.1. The normalized spacial score (nSPS) is 32.2. The van der Waals surface area contributed by atoms with Gasteiger partial charge in [0.25, 0.3) is 0 Å². The third kappa shape index (κ3) is 2.55. The minimum absolute atomic E-state index is 0.247. The average molecular weight is 317 g/mol. The number of aliphatic hydroxyl groups is 1. The van der Waals surface area contributed by atoms with Crippen LogP contribution in [0.1, 0.15) is 24.2 Å². The highest BCUT2D eigenvalue weighted by atomic mass is 32.2. The number of aliphatic imine (C=N–C) groups is 1. The van der Waals surface area contributed by atoms with Crippen LogP contribution in [0, 0.1) is 0 Å². The fourth-order valence-corrected chi connectivity index (χ4v) is 4.75. The summed E-state index contributed by atoms with van der Waals surface area (Å²) in [5.74, 6) is 0. The molecule has 0 saturated carbocycles. The lowest BCUT2D eigenvalue weighted by molar-refractivity contribution is 0.0406. The van der Waals surface area contributed by atoms with Gasteiger partial charge in [0, 0.05) is 37.5 Å². The largest absolute Gasteiger partial charge is 0.387 e. The standard InChI is InChI=1S/C17H23N3OS/c1-12-11-18-17(22-12)20-8-6-19(7-9-20)15-10-13-4-2-3-5-14(13)16(15)21/h2-5,12,15-16,21H,6-11H2,1H3. The summed E-state index contributed by atoms with van der Waals surface area (Å²) in [6, 6.07) is 8.57. The summed E-state index contributed by atoms with van der Waals surface area (Å²) in [4.78, 5) is 9.53. The Bertz CT molecular complexity index is 583. The topological polar surface area (TPSA) is 39.1 Å². The molecule has 2 aliphatic heterocycles. The molecule has 118 valence electrons. The Morgan fingerprint density at radius 1 is 1.18 bits per heavy atom. The van der Waals surface area contributed by atoms with Gasteiger partial charge in [0.05, 0.1) is 12.6 Å². The summed E-state index contributed by atoms with van der Waals surface area (Å²) in [5, 5.41) is 12.5. The molecular formula is C17H23N3OS. The van der Waals surface area contributed by atoms with E-state index >= 15 is 0 Å². The highest BCUT2D eigenvalue weighted by molar-refractivity contribution is 8.14. The van der Waals surface area contributed by atoms with Gasteiger partial charge in [0.1, 0.15) is 0 Å². The maximum absolute atomic E-state index is 10.6. The monoisotopic (exact) mass is 317 g/mol. The number of aliphatic hydroxyl groups excluding tert-OH is 1. The molecule has 1 fully saturated rings. The van der Waals surface area contributed by atoms with E-state index in [4.69, 9.17) is 0 Å². The van der Waals surface area contributed by atoms with Gasteiger partial charge in [-0.2, -0.15) is 0 Å². The fourth-order valence-electron chi connectivity index (χ4n) is 3.76. The van der Waals surface area contributed by atoms with E-state index in [0.29, 0.717) is 5.25 Å². The lowest BCUT2D eigenvalue weighted by Gasteiger charge is -2.39. The van der Waals surface area contributed by atoms with Crippen molar-refractivity contribution in [1.82, 2.24) is 9.80 Å². The van der Waals surface area contributed by atoms with E-state index in [1.165, 1.54) is 10.7 Å². The van der Waals surface area contributed by atoms with Crippen molar-refractivity contribution < 1.29 is 5.11 Å². The van der Waals surface area contributed by atoms with Crippen LogP contribution in [0.2, 0.25) is 0 Å². The van der Waals surface area contributed by atoms with Gasteiger partial charge in [-0.3, -0.25) is 9.89 Å². The van der Waals surface area contributed by atoms with E-state index in [1.54, 1.807) is 0 Å². The number of piperazine rings is 1. The number of amidine groups is 1. The van der Waals surface area contributed by atoms with Crippen molar-refractivity contribution in [3.05, 3.63) is 35.4 Å². The molecule has 1 aromatic carbocycles. The average Bonchev–Trinajstić information content (AvgIpc) is 3.12. The minimum atomic E-state index is -0.332. The molecule has 1 aliphatic carbocycles. The van der Waals surface area contributed by atoms with Gasteiger partial charge < -0.3 is 10.0 Å². The van der Waals surface area contributed by atoms with Crippen LogP contribution < -0.4 is 0 Å². The molecule has 5 heteroatoms. The lowest BCUT2D eigenvalue weighted by Crippen LogP contribution is -2.52. The van der Waals surface area contributed by atoms with Crippen LogP contribution in [0.25, 0.3) is 0 Å². The van der Waals surface area contributed by atoms with Crippen LogP contribution in [-0.4, -0.2) is 64.1 Å². The Morgan fingerprint density at radius 3 is 2.64 bits per heavy atom. The summed E-state index contributed by atoms with van der Waals surface area (Å²) in [6.07, 6.45) is 0.644. The number of hydrogen-bond acceptors (Lipinski definition) is 5. The molecule has 3 unspecified atom stereocenters. The van der Waals surface area contributed by atoms with E-state index in [2.05, 4.69) is 39.9 Å². The van der Waals surface area contributed by atoms with Crippen molar-refractivity contribution >= 4 is 16.9 Å². The Labute approximate surface area is 136 Å². The van der Waals surface area contributed by atoms with Crippen molar-refractivity contribution in [2.45, 2.75) is 30.7 Å². The predicted molar refractivity (Wildman–Crippen MR) is 91.4 cm³/mol. The molecule has 2 heterocycles. The van der Waals surface area contributed by atoms with Gasteiger partial charge in [-0.05, 0) is 17.5 Å². The molecule has 1 N–H and O–H groups in total. The van der Waals surface area contributed by atoms with Crippen molar-refractivity contribution in [1.29, 1.82) is 0 Å². The first-order valence-electron chi connectivity index (χ1n) is 8.18.